The van der Waals surface area contributed by atoms with E-state index in [0.717, 1.165) is 0 Å². The molecule has 0 aliphatic rings. The Morgan fingerprint density at radius 2 is 2.00 bits per heavy atom. The Morgan fingerprint density at radius 3 is 2.50 bits per heavy atom. The zero-order chi connectivity index (χ0) is 10.6. The molecule has 0 aliphatic heterocycles. The largest absolute Gasteiger partial charge is 0.481 e. The predicted molar refractivity (Wildman–Crippen MR) is 49.7 cm³/mol. The van der Waals surface area contributed by atoms with Crippen molar-refractivity contribution in [2.75, 3.05) is 5.32 Å². The van der Waals surface area contributed by atoms with Crippen LogP contribution < -0.4 is 5.32 Å². The van der Waals surface area contributed by atoms with E-state index >= 15 is 0 Å². The molecule has 1 heterocycles. The molecular weight excluding hydrogens is 184 g/mol. The summed E-state index contributed by atoms with van der Waals surface area (Å²) in [7, 11) is 0. The highest BCUT2D eigenvalue weighted by Gasteiger charge is 2.20. The number of nitrogens with one attached hydrogen (secondary N) is 1. The van der Waals surface area contributed by atoms with Crippen molar-refractivity contribution in [3.8, 4) is 0 Å². The van der Waals surface area contributed by atoms with E-state index in [9.17, 15) is 9.59 Å². The number of aliphatic carboxylic acids is 1. The maximum atomic E-state index is 11.2. The average molecular weight is 194 g/mol. The van der Waals surface area contributed by atoms with Crippen LogP contribution in [0.1, 0.15) is 6.92 Å². The molecule has 1 unspecified atom stereocenters. The first kappa shape index (κ1) is 10.2. The summed E-state index contributed by atoms with van der Waals surface area (Å²) in [6.07, 6.45) is 3.03. The third-order valence-corrected chi connectivity index (χ3v) is 1.71. The summed E-state index contributed by atoms with van der Waals surface area (Å²) in [5.41, 5.74) is 0.540. The average Bonchev–Trinajstić information content (AvgIpc) is 2.18. The van der Waals surface area contributed by atoms with Crippen LogP contribution >= 0.6 is 0 Å². The first-order valence-electron chi connectivity index (χ1n) is 4.05. The lowest BCUT2D eigenvalue weighted by molar-refractivity contribution is -0.144. The molecule has 0 aliphatic carbocycles. The predicted octanol–water partition coefficient (Wildman–Crippen LogP) is 0.741. The fraction of sp³-hybridized carbons (Fsp3) is 0.222. The SMILES string of the molecule is CC(C(=O)O)C(=O)Nc1ccncc1. The number of nitrogens with zero attached hydrogens (tertiary/aromatic N) is 1. The molecule has 5 nitrogen and oxygen atoms in total. The van der Waals surface area contributed by atoms with Gasteiger partial charge in [-0.15, -0.1) is 0 Å². The molecule has 0 spiro atoms. The smallest absolute Gasteiger partial charge is 0.315 e. The van der Waals surface area contributed by atoms with Crippen LogP contribution in [0.5, 0.6) is 0 Å². The molecule has 0 fully saturated rings. The van der Waals surface area contributed by atoms with Gasteiger partial charge in [0.1, 0.15) is 5.92 Å². The Morgan fingerprint density at radius 1 is 1.43 bits per heavy atom. The Bertz CT molecular complexity index is 337. The quantitative estimate of drug-likeness (QED) is 0.695. The molecule has 14 heavy (non-hydrogen) atoms. The summed E-state index contributed by atoms with van der Waals surface area (Å²) in [6, 6.07) is 3.18. The highest BCUT2D eigenvalue weighted by molar-refractivity contribution is 6.03. The number of hydrogen-bond donors (Lipinski definition) is 2. The van der Waals surface area contributed by atoms with Gasteiger partial charge in [-0.2, -0.15) is 0 Å². The van der Waals surface area contributed by atoms with Crippen LogP contribution in [0.3, 0.4) is 0 Å². The van der Waals surface area contributed by atoms with E-state index < -0.39 is 17.8 Å². The highest BCUT2D eigenvalue weighted by atomic mass is 16.4. The number of carboxylic acid groups (broad SMARTS) is 1. The zero-order valence-electron chi connectivity index (χ0n) is 7.60. The number of pyridine rings is 1. The fourth-order valence-corrected chi connectivity index (χ4v) is 0.798. The van der Waals surface area contributed by atoms with E-state index in [0.29, 0.717) is 5.69 Å². The summed E-state index contributed by atoms with van der Waals surface area (Å²) >= 11 is 0. The van der Waals surface area contributed by atoms with Gasteiger partial charge in [0.05, 0.1) is 0 Å². The molecule has 1 aromatic heterocycles. The van der Waals surface area contributed by atoms with E-state index in [1.165, 1.54) is 19.3 Å². The molecule has 0 bridgehead atoms. The Balaban J connectivity index is 2.62. The number of rotatable bonds is 3. The molecule has 1 atom stereocenters. The lowest BCUT2D eigenvalue weighted by atomic mass is 10.1. The van der Waals surface area contributed by atoms with Crippen LogP contribution in [0.2, 0.25) is 0 Å². The van der Waals surface area contributed by atoms with Crippen LogP contribution in [-0.2, 0) is 9.59 Å². The highest BCUT2D eigenvalue weighted by Crippen LogP contribution is 2.06. The van der Waals surface area contributed by atoms with Crippen molar-refractivity contribution in [1.29, 1.82) is 0 Å². The third-order valence-electron chi connectivity index (χ3n) is 1.71. The number of aromatic nitrogens is 1. The normalized spacial score (nSPS) is 11.8. The second-order valence-corrected chi connectivity index (χ2v) is 2.79. The van der Waals surface area contributed by atoms with Crippen molar-refractivity contribution in [2.45, 2.75) is 6.92 Å². The number of carboxylic acids is 1. The number of hydrogen-bond acceptors (Lipinski definition) is 3. The molecule has 2 N–H and O–H groups in total. The van der Waals surface area contributed by atoms with Crippen molar-refractivity contribution in [1.82, 2.24) is 4.98 Å². The molecule has 0 aromatic carbocycles. The molecule has 1 rings (SSSR count). The number of anilines is 1. The van der Waals surface area contributed by atoms with Gasteiger partial charge in [-0.25, -0.2) is 0 Å². The molecule has 1 aromatic rings. The molecule has 0 saturated heterocycles. The van der Waals surface area contributed by atoms with Gasteiger partial charge in [-0.3, -0.25) is 14.6 Å². The topological polar surface area (TPSA) is 79.3 Å². The van der Waals surface area contributed by atoms with Crippen molar-refractivity contribution >= 4 is 17.6 Å². The standard InChI is InChI=1S/C9H10N2O3/c1-6(9(13)14)8(12)11-7-2-4-10-5-3-7/h2-6H,1H3,(H,13,14)(H,10,11,12). The summed E-state index contributed by atoms with van der Waals surface area (Å²) in [5.74, 6) is -2.73. The molecule has 5 heteroatoms. The minimum Gasteiger partial charge on any atom is -0.481 e. The van der Waals surface area contributed by atoms with Crippen LogP contribution in [0.25, 0.3) is 0 Å². The van der Waals surface area contributed by atoms with Crippen LogP contribution in [0.4, 0.5) is 5.69 Å². The lowest BCUT2D eigenvalue weighted by Crippen LogP contribution is -2.26. The van der Waals surface area contributed by atoms with E-state index in [2.05, 4.69) is 10.3 Å². The van der Waals surface area contributed by atoms with Crippen molar-refractivity contribution in [2.24, 2.45) is 5.92 Å². The molecular formula is C9H10N2O3. The number of carbonyl (C=O) groups excluding carboxylic acids is 1. The monoisotopic (exact) mass is 194 g/mol. The minimum atomic E-state index is -1.14. The lowest BCUT2D eigenvalue weighted by Gasteiger charge is -2.07. The maximum Gasteiger partial charge on any atom is 0.315 e. The van der Waals surface area contributed by atoms with Gasteiger partial charge in [-0.1, -0.05) is 0 Å². The number of carbonyl (C=O) groups is 2. The van der Waals surface area contributed by atoms with Gasteiger partial charge >= 0.3 is 5.97 Å². The Labute approximate surface area is 80.8 Å². The molecule has 74 valence electrons. The van der Waals surface area contributed by atoms with Crippen LogP contribution in [-0.4, -0.2) is 22.0 Å². The fourth-order valence-electron chi connectivity index (χ4n) is 0.798. The van der Waals surface area contributed by atoms with Gasteiger partial charge in [-0.05, 0) is 19.1 Å². The van der Waals surface area contributed by atoms with E-state index in [1.54, 1.807) is 12.1 Å². The van der Waals surface area contributed by atoms with Gasteiger partial charge < -0.3 is 10.4 Å². The van der Waals surface area contributed by atoms with Crippen molar-refractivity contribution in [3.63, 3.8) is 0 Å². The first-order chi connectivity index (χ1) is 6.61. The van der Waals surface area contributed by atoms with E-state index in [1.807, 2.05) is 0 Å². The van der Waals surface area contributed by atoms with E-state index in [-0.39, 0.29) is 0 Å². The summed E-state index contributed by atoms with van der Waals surface area (Å²) in [5, 5.41) is 11.0. The van der Waals surface area contributed by atoms with E-state index in [4.69, 9.17) is 5.11 Å². The Kier molecular flexibility index (Phi) is 3.17. The van der Waals surface area contributed by atoms with Crippen molar-refractivity contribution < 1.29 is 14.7 Å². The maximum absolute atomic E-state index is 11.2. The van der Waals surface area contributed by atoms with Gasteiger partial charge in [0.25, 0.3) is 0 Å². The summed E-state index contributed by atoms with van der Waals surface area (Å²) in [4.78, 5) is 25.5. The van der Waals surface area contributed by atoms with Gasteiger partial charge in [0.15, 0.2) is 0 Å². The minimum absolute atomic E-state index is 0.538. The number of amides is 1. The second kappa shape index (κ2) is 4.36. The summed E-state index contributed by atoms with van der Waals surface area (Å²) in [6.45, 7) is 1.33. The Hall–Kier alpha value is -1.91. The van der Waals surface area contributed by atoms with Gasteiger partial charge in [0, 0.05) is 18.1 Å². The van der Waals surface area contributed by atoms with Crippen molar-refractivity contribution in [3.05, 3.63) is 24.5 Å². The van der Waals surface area contributed by atoms with Gasteiger partial charge in [0.2, 0.25) is 5.91 Å². The summed E-state index contributed by atoms with van der Waals surface area (Å²) < 4.78 is 0. The molecule has 1 amide bonds. The third kappa shape index (κ3) is 2.55. The second-order valence-electron chi connectivity index (χ2n) is 2.79. The molecule has 0 radical (unpaired) electrons. The zero-order valence-corrected chi connectivity index (χ0v) is 7.60. The van der Waals surface area contributed by atoms with Crippen LogP contribution in [0, 0.1) is 5.92 Å². The first-order valence-corrected chi connectivity index (χ1v) is 4.05. The molecule has 0 saturated carbocycles. The van der Waals surface area contributed by atoms with Crippen LogP contribution in [0.15, 0.2) is 24.5 Å².